The van der Waals surface area contributed by atoms with Gasteiger partial charge < -0.3 is 0 Å². The van der Waals surface area contributed by atoms with E-state index in [2.05, 4.69) is 15.9 Å². The molecule has 0 N–H and O–H groups in total. The highest BCUT2D eigenvalue weighted by molar-refractivity contribution is 9.11. The van der Waals surface area contributed by atoms with Gasteiger partial charge in [0.05, 0.1) is 0 Å². The Morgan fingerprint density at radius 1 is 1.50 bits per heavy atom. The van der Waals surface area contributed by atoms with E-state index in [1.807, 2.05) is 12.1 Å². The molecule has 1 aromatic carbocycles. The maximum Gasteiger partial charge on any atom is 0.191 e. The van der Waals surface area contributed by atoms with E-state index in [0.717, 1.165) is 16.2 Å². The molecule has 14 heavy (non-hydrogen) atoms. The first kappa shape index (κ1) is 10.3. The van der Waals surface area contributed by atoms with Crippen LogP contribution in [0.2, 0.25) is 5.02 Å². The SMILES string of the molecule is O=C1C(=CBr)CSc2ccc(Cl)cc21. The molecule has 4 heteroatoms. The molecule has 0 saturated carbocycles. The lowest BCUT2D eigenvalue weighted by molar-refractivity contribution is 0.103. The summed E-state index contributed by atoms with van der Waals surface area (Å²) < 4.78 is 0. The van der Waals surface area contributed by atoms with E-state index in [9.17, 15) is 4.79 Å². The molecule has 1 aliphatic rings. The number of benzene rings is 1. The molecule has 0 fully saturated rings. The smallest absolute Gasteiger partial charge is 0.191 e. The molecule has 1 heterocycles. The van der Waals surface area contributed by atoms with Crippen molar-refractivity contribution in [2.24, 2.45) is 0 Å². The van der Waals surface area contributed by atoms with Crippen molar-refractivity contribution in [3.8, 4) is 0 Å². The molecule has 0 radical (unpaired) electrons. The van der Waals surface area contributed by atoms with Crippen molar-refractivity contribution >= 4 is 45.1 Å². The van der Waals surface area contributed by atoms with Gasteiger partial charge in [0.1, 0.15) is 0 Å². The van der Waals surface area contributed by atoms with Gasteiger partial charge in [0.25, 0.3) is 0 Å². The summed E-state index contributed by atoms with van der Waals surface area (Å²) in [5.41, 5.74) is 1.49. The number of hydrogen-bond acceptors (Lipinski definition) is 2. The lowest BCUT2D eigenvalue weighted by Crippen LogP contribution is -2.11. The molecule has 72 valence electrons. The van der Waals surface area contributed by atoms with Gasteiger partial charge >= 0.3 is 0 Å². The van der Waals surface area contributed by atoms with Crippen molar-refractivity contribution in [3.63, 3.8) is 0 Å². The highest BCUT2D eigenvalue weighted by atomic mass is 79.9. The van der Waals surface area contributed by atoms with E-state index >= 15 is 0 Å². The summed E-state index contributed by atoms with van der Waals surface area (Å²) in [5, 5.41) is 0.605. The number of thioether (sulfide) groups is 1. The van der Waals surface area contributed by atoms with E-state index in [1.165, 1.54) is 0 Å². The molecule has 0 atom stereocenters. The van der Waals surface area contributed by atoms with Crippen molar-refractivity contribution in [3.05, 3.63) is 39.3 Å². The fraction of sp³-hybridized carbons (Fsp3) is 0.100. The van der Waals surface area contributed by atoms with Crippen LogP contribution < -0.4 is 0 Å². The second-order valence-electron chi connectivity index (χ2n) is 2.89. The molecule has 0 unspecified atom stereocenters. The normalized spacial score (nSPS) is 18.4. The third-order valence-electron chi connectivity index (χ3n) is 1.99. The molecule has 0 amide bonds. The van der Waals surface area contributed by atoms with Crippen LogP contribution in [0.1, 0.15) is 10.4 Å². The largest absolute Gasteiger partial charge is 0.289 e. The maximum atomic E-state index is 11.8. The molecule has 1 nitrogen and oxygen atoms in total. The Morgan fingerprint density at radius 2 is 2.29 bits per heavy atom. The number of fused-ring (bicyclic) bond motifs is 1. The molecule has 0 aromatic heterocycles. The fourth-order valence-electron chi connectivity index (χ4n) is 1.28. The van der Waals surface area contributed by atoms with E-state index in [4.69, 9.17) is 11.6 Å². The van der Waals surface area contributed by atoms with E-state index < -0.39 is 0 Å². The second-order valence-corrected chi connectivity index (χ2v) is 4.80. The first-order chi connectivity index (χ1) is 6.72. The van der Waals surface area contributed by atoms with Crippen LogP contribution in [0.5, 0.6) is 0 Å². The monoisotopic (exact) mass is 288 g/mol. The summed E-state index contributed by atoms with van der Waals surface area (Å²) >= 11 is 10.7. The van der Waals surface area contributed by atoms with Crippen molar-refractivity contribution in [1.29, 1.82) is 0 Å². The van der Waals surface area contributed by atoms with E-state index in [-0.39, 0.29) is 5.78 Å². The van der Waals surface area contributed by atoms with Crippen molar-refractivity contribution in [1.82, 2.24) is 0 Å². The lowest BCUT2D eigenvalue weighted by atomic mass is 10.1. The predicted molar refractivity (Wildman–Crippen MR) is 63.5 cm³/mol. The summed E-state index contributed by atoms with van der Waals surface area (Å²) in [6.07, 6.45) is 0. The predicted octanol–water partition coefficient (Wildman–Crippen LogP) is 3.91. The van der Waals surface area contributed by atoms with Crippen molar-refractivity contribution in [2.75, 3.05) is 5.75 Å². The third kappa shape index (κ3) is 1.76. The highest BCUT2D eigenvalue weighted by Crippen LogP contribution is 2.34. The molecular formula is C10H6BrClOS. The van der Waals surface area contributed by atoms with Gasteiger partial charge in [0.15, 0.2) is 5.78 Å². The van der Waals surface area contributed by atoms with Gasteiger partial charge in [0, 0.05) is 26.8 Å². The summed E-state index contributed by atoms with van der Waals surface area (Å²) in [6.45, 7) is 0. The van der Waals surface area contributed by atoms with E-state index in [1.54, 1.807) is 22.8 Å². The topological polar surface area (TPSA) is 17.1 Å². The Balaban J connectivity index is 2.54. The zero-order valence-corrected chi connectivity index (χ0v) is 10.2. The number of rotatable bonds is 0. The first-order valence-corrected chi connectivity index (χ1v) is 6.26. The Hall–Kier alpha value is -0.250. The number of hydrogen-bond donors (Lipinski definition) is 0. The van der Waals surface area contributed by atoms with Gasteiger partial charge in [-0.3, -0.25) is 4.79 Å². The average Bonchev–Trinajstić information content (AvgIpc) is 2.20. The van der Waals surface area contributed by atoms with Crippen LogP contribution in [-0.2, 0) is 0 Å². The summed E-state index contributed by atoms with van der Waals surface area (Å²) in [6, 6.07) is 5.43. The molecule has 1 aromatic rings. The van der Waals surface area contributed by atoms with E-state index in [0.29, 0.717) is 10.6 Å². The molecule has 2 rings (SSSR count). The van der Waals surface area contributed by atoms with Crippen LogP contribution in [0.15, 0.2) is 33.7 Å². The Morgan fingerprint density at radius 3 is 3.00 bits per heavy atom. The number of carbonyl (C=O) groups excluding carboxylic acids is 1. The van der Waals surface area contributed by atoms with Gasteiger partial charge in [-0.25, -0.2) is 0 Å². The minimum atomic E-state index is 0.0677. The van der Waals surface area contributed by atoms with Gasteiger partial charge in [-0.05, 0) is 23.2 Å². The third-order valence-corrected chi connectivity index (χ3v) is 3.90. The average molecular weight is 290 g/mol. The summed E-state index contributed by atoms with van der Waals surface area (Å²) in [7, 11) is 0. The number of ketones is 1. The first-order valence-electron chi connectivity index (χ1n) is 3.98. The van der Waals surface area contributed by atoms with Gasteiger partial charge in [-0.15, -0.1) is 11.8 Å². The number of carbonyl (C=O) groups is 1. The van der Waals surface area contributed by atoms with Crippen LogP contribution in [0.25, 0.3) is 0 Å². The molecule has 0 spiro atoms. The Bertz CT molecular complexity index is 428. The Kier molecular flexibility index (Phi) is 3.00. The van der Waals surface area contributed by atoms with Gasteiger partial charge in [0.2, 0.25) is 0 Å². The van der Waals surface area contributed by atoms with Gasteiger partial charge in [-0.2, -0.15) is 0 Å². The summed E-state index contributed by atoms with van der Waals surface area (Å²) in [4.78, 5) is 14.5. The highest BCUT2D eigenvalue weighted by Gasteiger charge is 2.21. The molecule has 0 bridgehead atoms. The lowest BCUT2D eigenvalue weighted by Gasteiger charge is -2.16. The fourth-order valence-corrected chi connectivity index (χ4v) is 3.03. The van der Waals surface area contributed by atoms with Crippen LogP contribution in [0, 0.1) is 0 Å². The molecular weight excluding hydrogens is 284 g/mol. The minimum Gasteiger partial charge on any atom is -0.289 e. The maximum absolute atomic E-state index is 11.8. The van der Waals surface area contributed by atoms with Crippen LogP contribution in [0.3, 0.4) is 0 Å². The zero-order chi connectivity index (χ0) is 10.1. The minimum absolute atomic E-state index is 0.0677. The molecule has 0 aliphatic carbocycles. The Labute approximate surface area is 99.7 Å². The van der Waals surface area contributed by atoms with Crippen molar-refractivity contribution in [2.45, 2.75) is 4.90 Å². The number of halogens is 2. The zero-order valence-electron chi connectivity index (χ0n) is 7.09. The second kappa shape index (κ2) is 4.09. The van der Waals surface area contributed by atoms with Gasteiger partial charge in [-0.1, -0.05) is 27.5 Å². The molecule has 1 aliphatic heterocycles. The number of Topliss-reactive ketones (excluding diaryl/α,β-unsaturated/α-hetero) is 1. The van der Waals surface area contributed by atoms with Crippen LogP contribution >= 0.6 is 39.3 Å². The van der Waals surface area contributed by atoms with Crippen LogP contribution in [0.4, 0.5) is 0 Å². The molecule has 0 saturated heterocycles. The van der Waals surface area contributed by atoms with Crippen LogP contribution in [-0.4, -0.2) is 11.5 Å². The standard InChI is InChI=1S/C10H6BrClOS/c11-4-6-5-14-9-2-1-7(12)3-8(9)10(6)13/h1-4H,5H2. The van der Waals surface area contributed by atoms with Crippen molar-refractivity contribution < 1.29 is 4.79 Å². The summed E-state index contributed by atoms with van der Waals surface area (Å²) in [5.74, 6) is 0.789. The quantitative estimate of drug-likeness (QED) is 0.674.